The van der Waals surface area contributed by atoms with Crippen LogP contribution in [0.2, 0.25) is 0 Å². The molecule has 0 radical (unpaired) electrons. The van der Waals surface area contributed by atoms with Gasteiger partial charge in [0, 0.05) is 5.70 Å². The molecule has 2 nitrogen and oxygen atoms in total. The minimum Gasteiger partial charge on any atom is -0.344 e. The van der Waals surface area contributed by atoms with Gasteiger partial charge in [0.05, 0.1) is 12.4 Å². The Morgan fingerprint density at radius 3 is 2.80 bits per heavy atom. The zero-order valence-corrected chi connectivity index (χ0v) is 8.84. The molecule has 0 unspecified atom stereocenters. The van der Waals surface area contributed by atoms with Gasteiger partial charge in [-0.25, -0.2) is 4.39 Å². The Bertz CT molecular complexity index is 447. The fraction of sp³-hybridized carbons (Fsp3) is 0.250. The molecule has 1 aromatic carbocycles. The summed E-state index contributed by atoms with van der Waals surface area (Å²) in [6.45, 7) is 4.37. The zero-order chi connectivity index (χ0) is 10.8. The van der Waals surface area contributed by atoms with E-state index in [-0.39, 0.29) is 5.82 Å². The molecule has 0 saturated heterocycles. The molecule has 0 aliphatic carbocycles. The maximum atomic E-state index is 13.1. The van der Waals surface area contributed by atoms with E-state index in [0.717, 1.165) is 17.1 Å². The van der Waals surface area contributed by atoms with Crippen molar-refractivity contribution < 1.29 is 4.39 Å². The number of halogens is 1. The van der Waals surface area contributed by atoms with E-state index in [1.807, 2.05) is 19.1 Å². The van der Waals surface area contributed by atoms with Crippen molar-refractivity contribution in [3.8, 4) is 0 Å². The van der Waals surface area contributed by atoms with Gasteiger partial charge in [0.15, 0.2) is 0 Å². The van der Waals surface area contributed by atoms with Gasteiger partial charge in [-0.2, -0.15) is 0 Å². The summed E-state index contributed by atoms with van der Waals surface area (Å²) < 4.78 is 13.1. The van der Waals surface area contributed by atoms with E-state index >= 15 is 0 Å². The molecule has 0 atom stereocenters. The first-order chi connectivity index (χ1) is 7.16. The Labute approximate surface area is 88.5 Å². The summed E-state index contributed by atoms with van der Waals surface area (Å²) >= 11 is 0. The van der Waals surface area contributed by atoms with Crippen LogP contribution in [0.3, 0.4) is 0 Å². The summed E-state index contributed by atoms with van der Waals surface area (Å²) in [7, 11) is 0. The third-order valence-electron chi connectivity index (χ3n) is 2.41. The fourth-order valence-electron chi connectivity index (χ4n) is 1.56. The highest BCUT2D eigenvalue weighted by Crippen LogP contribution is 2.17. The van der Waals surface area contributed by atoms with Crippen molar-refractivity contribution in [3.05, 3.63) is 41.2 Å². The van der Waals surface area contributed by atoms with E-state index in [4.69, 9.17) is 0 Å². The van der Waals surface area contributed by atoms with Gasteiger partial charge in [0.1, 0.15) is 5.82 Å². The Morgan fingerprint density at radius 1 is 1.33 bits per heavy atom. The highest BCUT2D eigenvalue weighted by molar-refractivity contribution is 5.90. The van der Waals surface area contributed by atoms with Crippen LogP contribution in [0.4, 0.5) is 4.39 Å². The molecule has 0 spiro atoms. The summed E-state index contributed by atoms with van der Waals surface area (Å²) in [5.41, 5.74) is 2.67. The molecule has 15 heavy (non-hydrogen) atoms. The molecule has 78 valence electrons. The van der Waals surface area contributed by atoms with Crippen molar-refractivity contribution >= 4 is 11.5 Å². The lowest BCUT2D eigenvalue weighted by molar-refractivity contribution is 0.618. The van der Waals surface area contributed by atoms with Gasteiger partial charge < -0.3 is 5.32 Å². The molecule has 1 N–H and O–H groups in total. The van der Waals surface area contributed by atoms with Crippen molar-refractivity contribution in [1.29, 1.82) is 0 Å². The molecule has 0 bridgehead atoms. The summed E-state index contributed by atoms with van der Waals surface area (Å²) in [5, 5.41) is 3.17. The van der Waals surface area contributed by atoms with Gasteiger partial charge in [-0.3, -0.25) is 4.99 Å². The van der Waals surface area contributed by atoms with Crippen molar-refractivity contribution in [1.82, 2.24) is 5.32 Å². The highest BCUT2D eigenvalue weighted by atomic mass is 19.1. The van der Waals surface area contributed by atoms with Crippen LogP contribution in [-0.4, -0.2) is 12.4 Å². The fourth-order valence-corrected chi connectivity index (χ4v) is 1.56. The Morgan fingerprint density at radius 2 is 2.13 bits per heavy atom. The van der Waals surface area contributed by atoms with Crippen LogP contribution in [0.5, 0.6) is 0 Å². The predicted octanol–water partition coefficient (Wildman–Crippen LogP) is 2.50. The number of amidine groups is 1. The topological polar surface area (TPSA) is 24.4 Å². The molecular weight excluding hydrogens is 191 g/mol. The number of benzene rings is 1. The predicted molar refractivity (Wildman–Crippen MR) is 60.2 cm³/mol. The zero-order valence-electron chi connectivity index (χ0n) is 8.84. The Hall–Kier alpha value is -1.64. The molecule has 1 aromatic rings. The average molecular weight is 204 g/mol. The Kier molecular flexibility index (Phi) is 2.54. The molecule has 0 saturated carbocycles. The first kappa shape index (κ1) is 9.90. The number of nitrogens with one attached hydrogen (secondary N) is 1. The van der Waals surface area contributed by atoms with E-state index in [1.165, 1.54) is 6.07 Å². The summed E-state index contributed by atoms with van der Waals surface area (Å²) in [6, 6.07) is 5.11. The van der Waals surface area contributed by atoms with Gasteiger partial charge >= 0.3 is 0 Å². The molecule has 1 aliphatic heterocycles. The van der Waals surface area contributed by atoms with E-state index < -0.39 is 0 Å². The number of nitrogens with zero attached hydrogens (tertiary/aromatic N) is 1. The minimum absolute atomic E-state index is 0.166. The largest absolute Gasteiger partial charge is 0.344 e. The van der Waals surface area contributed by atoms with Crippen LogP contribution in [0, 0.1) is 12.7 Å². The lowest BCUT2D eigenvalue weighted by atomic mass is 10.1. The SMILES string of the molecule is CC1=NCC=C(c2ccc(F)c(C)c2)N1. The van der Waals surface area contributed by atoms with Gasteiger partial charge in [-0.15, -0.1) is 0 Å². The molecule has 0 fully saturated rings. The van der Waals surface area contributed by atoms with Crippen molar-refractivity contribution in [2.24, 2.45) is 4.99 Å². The minimum atomic E-state index is -0.166. The Balaban J connectivity index is 2.31. The standard InChI is InChI=1S/C12H13FN2/c1-8-7-10(3-4-11(8)13)12-5-6-14-9(2)15-12/h3-5,7H,6H2,1-2H3,(H,14,15). The lowest BCUT2D eigenvalue weighted by Gasteiger charge is -2.15. The van der Waals surface area contributed by atoms with Gasteiger partial charge in [0.2, 0.25) is 0 Å². The smallest absolute Gasteiger partial charge is 0.126 e. The van der Waals surface area contributed by atoms with Crippen LogP contribution in [0.1, 0.15) is 18.1 Å². The number of aliphatic imine (C=N–C) groups is 1. The maximum Gasteiger partial charge on any atom is 0.126 e. The van der Waals surface area contributed by atoms with Gasteiger partial charge in [-0.05, 0) is 49.2 Å². The summed E-state index contributed by atoms with van der Waals surface area (Å²) in [4.78, 5) is 4.20. The summed E-state index contributed by atoms with van der Waals surface area (Å²) in [6.07, 6.45) is 2.00. The lowest BCUT2D eigenvalue weighted by Crippen LogP contribution is -2.22. The third kappa shape index (κ3) is 2.06. The number of rotatable bonds is 1. The first-order valence-electron chi connectivity index (χ1n) is 4.91. The molecule has 1 heterocycles. The first-order valence-corrected chi connectivity index (χ1v) is 4.91. The molecular formula is C12H13FN2. The average Bonchev–Trinajstić information content (AvgIpc) is 2.22. The van der Waals surface area contributed by atoms with Gasteiger partial charge in [-0.1, -0.05) is 0 Å². The van der Waals surface area contributed by atoms with Crippen molar-refractivity contribution in [3.63, 3.8) is 0 Å². The second-order valence-corrected chi connectivity index (χ2v) is 3.63. The molecule has 1 aliphatic rings. The van der Waals surface area contributed by atoms with Crippen LogP contribution < -0.4 is 5.32 Å². The highest BCUT2D eigenvalue weighted by Gasteiger charge is 2.07. The van der Waals surface area contributed by atoms with E-state index in [2.05, 4.69) is 10.3 Å². The quantitative estimate of drug-likeness (QED) is 0.746. The van der Waals surface area contributed by atoms with Crippen LogP contribution in [-0.2, 0) is 0 Å². The van der Waals surface area contributed by atoms with E-state index in [9.17, 15) is 4.39 Å². The maximum absolute atomic E-state index is 13.1. The summed E-state index contributed by atoms with van der Waals surface area (Å²) in [5.74, 6) is 0.732. The number of hydrogen-bond acceptors (Lipinski definition) is 2. The third-order valence-corrected chi connectivity index (χ3v) is 2.41. The van der Waals surface area contributed by atoms with Crippen molar-refractivity contribution in [2.45, 2.75) is 13.8 Å². The molecule has 3 heteroatoms. The van der Waals surface area contributed by atoms with Crippen LogP contribution in [0.25, 0.3) is 5.70 Å². The van der Waals surface area contributed by atoms with Gasteiger partial charge in [0.25, 0.3) is 0 Å². The molecule has 0 amide bonds. The second kappa shape index (κ2) is 3.85. The van der Waals surface area contributed by atoms with Crippen molar-refractivity contribution in [2.75, 3.05) is 6.54 Å². The molecule has 0 aromatic heterocycles. The monoisotopic (exact) mass is 204 g/mol. The number of hydrogen-bond donors (Lipinski definition) is 1. The van der Waals surface area contributed by atoms with E-state index in [1.54, 1.807) is 13.0 Å². The molecule has 2 rings (SSSR count). The van der Waals surface area contributed by atoms with Crippen LogP contribution in [0.15, 0.2) is 29.3 Å². The normalized spacial score (nSPS) is 15.4. The van der Waals surface area contributed by atoms with Crippen LogP contribution >= 0.6 is 0 Å². The van der Waals surface area contributed by atoms with E-state index in [0.29, 0.717) is 12.1 Å². The number of aryl methyl sites for hydroxylation is 1. The second-order valence-electron chi connectivity index (χ2n) is 3.63.